The quantitative estimate of drug-likeness (QED) is 0.837. The number of halogens is 3. The minimum absolute atomic E-state index is 0. The van der Waals surface area contributed by atoms with Crippen LogP contribution in [0.2, 0.25) is 0 Å². The second kappa shape index (κ2) is 6.23. The molecule has 1 atom stereocenters. The fraction of sp³-hybridized carbons (Fsp3) is 0.273. The van der Waals surface area contributed by atoms with Crippen LogP contribution in [0.5, 0.6) is 5.75 Å². The Kier molecular flexibility index (Phi) is 6.00. The van der Waals surface area contributed by atoms with Crippen molar-refractivity contribution in [1.82, 2.24) is 0 Å². The van der Waals surface area contributed by atoms with Crippen molar-refractivity contribution in [1.29, 1.82) is 0 Å². The highest BCUT2D eigenvalue weighted by Gasteiger charge is 2.15. The van der Waals surface area contributed by atoms with Gasteiger partial charge in [-0.05, 0) is 35.3 Å². The van der Waals surface area contributed by atoms with Gasteiger partial charge in [0.05, 0.1) is 4.47 Å². The number of phenols is 1. The van der Waals surface area contributed by atoms with Crippen LogP contribution in [0.3, 0.4) is 0 Å². The van der Waals surface area contributed by atoms with Gasteiger partial charge in [0, 0.05) is 11.6 Å². The van der Waals surface area contributed by atoms with Crippen molar-refractivity contribution in [3.8, 4) is 5.75 Å². The molecular weight excluding hydrogens is 296 g/mol. The molecule has 0 radical (unpaired) electrons. The Bertz CT molecular complexity index is 398. The van der Waals surface area contributed by atoms with Crippen molar-refractivity contribution >= 4 is 28.3 Å². The van der Waals surface area contributed by atoms with Crippen LogP contribution in [0.4, 0.5) is 4.39 Å². The summed E-state index contributed by atoms with van der Waals surface area (Å²) in [4.78, 5) is 0. The van der Waals surface area contributed by atoms with Crippen LogP contribution in [0.15, 0.2) is 28.8 Å². The van der Waals surface area contributed by atoms with Gasteiger partial charge in [-0.15, -0.1) is 19.0 Å². The molecule has 5 heteroatoms. The summed E-state index contributed by atoms with van der Waals surface area (Å²) in [5, 5.41) is 9.67. The molecule has 0 aromatic heterocycles. The van der Waals surface area contributed by atoms with E-state index < -0.39 is 5.82 Å². The highest BCUT2D eigenvalue weighted by Crippen LogP contribution is 2.34. The molecule has 0 aliphatic heterocycles. The standard InChI is InChI=1S/C11H13BrFNO.ClH/c1-6(2)5-9(14)7-3-4-8(13)10(12)11(7)15;/h3-4,9,15H,1,5,14H2,2H3;1H/t9-;/m1./s1. The molecular formula is C11H14BrClFNO. The van der Waals surface area contributed by atoms with Crippen molar-refractivity contribution in [3.63, 3.8) is 0 Å². The van der Waals surface area contributed by atoms with Crippen LogP contribution in [0.1, 0.15) is 24.9 Å². The Morgan fingerprint density at radius 3 is 2.69 bits per heavy atom. The summed E-state index contributed by atoms with van der Waals surface area (Å²) < 4.78 is 13.1. The number of rotatable bonds is 3. The zero-order valence-corrected chi connectivity index (χ0v) is 11.2. The van der Waals surface area contributed by atoms with Crippen molar-refractivity contribution in [2.75, 3.05) is 0 Å². The van der Waals surface area contributed by atoms with E-state index in [1.165, 1.54) is 12.1 Å². The Morgan fingerprint density at radius 1 is 1.62 bits per heavy atom. The first-order valence-corrected chi connectivity index (χ1v) is 5.29. The fourth-order valence-electron chi connectivity index (χ4n) is 1.34. The summed E-state index contributed by atoms with van der Waals surface area (Å²) in [5.41, 5.74) is 7.29. The second-order valence-corrected chi connectivity index (χ2v) is 4.36. The molecule has 2 nitrogen and oxygen atoms in total. The first-order chi connectivity index (χ1) is 6.93. The van der Waals surface area contributed by atoms with Gasteiger partial charge in [0.15, 0.2) is 0 Å². The van der Waals surface area contributed by atoms with Gasteiger partial charge in [-0.2, -0.15) is 0 Å². The molecule has 0 aliphatic rings. The van der Waals surface area contributed by atoms with E-state index in [-0.39, 0.29) is 28.7 Å². The molecule has 1 aromatic rings. The Hall–Kier alpha value is -0.580. The third-order valence-electron chi connectivity index (χ3n) is 2.07. The summed E-state index contributed by atoms with van der Waals surface area (Å²) in [6, 6.07) is 2.40. The van der Waals surface area contributed by atoms with E-state index in [0.29, 0.717) is 12.0 Å². The van der Waals surface area contributed by atoms with Gasteiger partial charge in [0.25, 0.3) is 0 Å². The number of nitrogens with two attached hydrogens (primary N) is 1. The first kappa shape index (κ1) is 15.4. The third kappa shape index (κ3) is 3.47. The largest absolute Gasteiger partial charge is 0.506 e. The zero-order valence-electron chi connectivity index (χ0n) is 8.84. The smallest absolute Gasteiger partial charge is 0.141 e. The van der Waals surface area contributed by atoms with E-state index in [1.54, 1.807) is 0 Å². The number of hydrogen-bond donors (Lipinski definition) is 2. The van der Waals surface area contributed by atoms with Crippen molar-refractivity contribution in [2.45, 2.75) is 19.4 Å². The van der Waals surface area contributed by atoms with Crippen molar-refractivity contribution < 1.29 is 9.50 Å². The predicted octanol–water partition coefficient (Wildman–Crippen LogP) is 3.68. The normalized spacial score (nSPS) is 11.8. The van der Waals surface area contributed by atoms with Crippen LogP contribution >= 0.6 is 28.3 Å². The average molecular weight is 311 g/mol. The molecule has 16 heavy (non-hydrogen) atoms. The number of aromatic hydroxyl groups is 1. The molecule has 0 aliphatic carbocycles. The Morgan fingerprint density at radius 2 is 2.19 bits per heavy atom. The summed E-state index contributed by atoms with van der Waals surface area (Å²) in [5.74, 6) is -0.637. The lowest BCUT2D eigenvalue weighted by atomic mass is 10.0. The summed E-state index contributed by atoms with van der Waals surface area (Å²) >= 11 is 2.96. The predicted molar refractivity (Wildman–Crippen MR) is 69.4 cm³/mol. The van der Waals surface area contributed by atoms with Crippen LogP contribution in [-0.4, -0.2) is 5.11 Å². The molecule has 1 rings (SSSR count). The van der Waals surface area contributed by atoms with E-state index in [2.05, 4.69) is 22.5 Å². The molecule has 0 saturated heterocycles. The van der Waals surface area contributed by atoms with Gasteiger partial charge in [-0.25, -0.2) is 4.39 Å². The first-order valence-electron chi connectivity index (χ1n) is 4.50. The van der Waals surface area contributed by atoms with Gasteiger partial charge in [-0.1, -0.05) is 11.6 Å². The molecule has 0 saturated carbocycles. The lowest BCUT2D eigenvalue weighted by molar-refractivity contribution is 0.450. The van der Waals surface area contributed by atoms with Crippen LogP contribution in [-0.2, 0) is 0 Å². The Labute approximate surface area is 109 Å². The highest BCUT2D eigenvalue weighted by atomic mass is 79.9. The number of phenolic OH excluding ortho intramolecular Hbond substituents is 1. The van der Waals surface area contributed by atoms with Crippen molar-refractivity contribution in [2.24, 2.45) is 5.73 Å². The molecule has 0 fully saturated rings. The minimum Gasteiger partial charge on any atom is -0.506 e. The number of hydrogen-bond acceptors (Lipinski definition) is 2. The van der Waals surface area contributed by atoms with Gasteiger partial charge < -0.3 is 10.8 Å². The van der Waals surface area contributed by atoms with Crippen molar-refractivity contribution in [3.05, 3.63) is 40.1 Å². The summed E-state index contributed by atoms with van der Waals surface area (Å²) in [6.07, 6.45) is 0.561. The molecule has 0 bridgehead atoms. The summed E-state index contributed by atoms with van der Waals surface area (Å²) in [6.45, 7) is 5.60. The average Bonchev–Trinajstić information content (AvgIpc) is 2.13. The van der Waals surface area contributed by atoms with Crippen LogP contribution in [0.25, 0.3) is 0 Å². The molecule has 0 amide bonds. The Balaban J connectivity index is 0.00000225. The maximum atomic E-state index is 13.0. The fourth-order valence-corrected chi connectivity index (χ4v) is 1.70. The molecule has 0 spiro atoms. The lowest BCUT2D eigenvalue weighted by Gasteiger charge is -2.14. The highest BCUT2D eigenvalue weighted by molar-refractivity contribution is 9.10. The van der Waals surface area contributed by atoms with Gasteiger partial charge >= 0.3 is 0 Å². The van der Waals surface area contributed by atoms with Crippen LogP contribution < -0.4 is 5.73 Å². The van der Waals surface area contributed by atoms with Gasteiger partial charge in [0.1, 0.15) is 11.6 Å². The SMILES string of the molecule is C=C(C)C[C@@H](N)c1ccc(F)c(Br)c1O.Cl. The van der Waals surface area contributed by atoms with E-state index in [4.69, 9.17) is 5.73 Å². The topological polar surface area (TPSA) is 46.2 Å². The number of benzene rings is 1. The third-order valence-corrected chi connectivity index (χ3v) is 2.82. The van der Waals surface area contributed by atoms with Gasteiger partial charge in [0.2, 0.25) is 0 Å². The van der Waals surface area contributed by atoms with E-state index in [9.17, 15) is 9.50 Å². The second-order valence-electron chi connectivity index (χ2n) is 3.57. The van der Waals surface area contributed by atoms with E-state index in [0.717, 1.165) is 5.57 Å². The van der Waals surface area contributed by atoms with Crippen LogP contribution in [0, 0.1) is 5.82 Å². The molecule has 1 aromatic carbocycles. The van der Waals surface area contributed by atoms with Gasteiger partial charge in [-0.3, -0.25) is 0 Å². The zero-order chi connectivity index (χ0) is 11.6. The van der Waals surface area contributed by atoms with E-state index in [1.807, 2.05) is 6.92 Å². The summed E-state index contributed by atoms with van der Waals surface area (Å²) in [7, 11) is 0. The molecule has 0 heterocycles. The minimum atomic E-state index is -0.501. The van der Waals surface area contributed by atoms with E-state index >= 15 is 0 Å². The lowest BCUT2D eigenvalue weighted by Crippen LogP contribution is -2.11. The molecule has 90 valence electrons. The molecule has 3 N–H and O–H groups in total. The monoisotopic (exact) mass is 309 g/mol. The molecule has 0 unspecified atom stereocenters. The maximum absolute atomic E-state index is 13.0. The maximum Gasteiger partial charge on any atom is 0.141 e.